The van der Waals surface area contributed by atoms with E-state index in [-0.39, 0.29) is 5.78 Å². The van der Waals surface area contributed by atoms with E-state index in [1.54, 1.807) is 6.92 Å². The van der Waals surface area contributed by atoms with Crippen molar-refractivity contribution < 1.29 is 4.79 Å². The zero-order valence-electron chi connectivity index (χ0n) is 7.44. The zero-order valence-corrected chi connectivity index (χ0v) is 9.03. The summed E-state index contributed by atoms with van der Waals surface area (Å²) in [5, 5.41) is 0. The Balaban J connectivity index is 3.43. The van der Waals surface area contributed by atoms with Crippen molar-refractivity contribution in [3.63, 3.8) is 0 Å². The van der Waals surface area contributed by atoms with Crippen molar-refractivity contribution in [2.24, 2.45) is 0 Å². The van der Waals surface area contributed by atoms with Gasteiger partial charge in [0.05, 0.1) is 0 Å². The molecule has 0 aliphatic heterocycles. The number of Topliss-reactive ketones (excluding diaryl/α,β-unsaturated/α-hetero) is 1. The van der Waals surface area contributed by atoms with Crippen molar-refractivity contribution in [2.75, 3.05) is 0 Å². The fourth-order valence-electron chi connectivity index (χ4n) is 1.21. The first-order valence-electron chi connectivity index (χ1n) is 3.80. The van der Waals surface area contributed by atoms with Crippen LogP contribution in [0.3, 0.4) is 0 Å². The maximum atomic E-state index is 11.2. The van der Waals surface area contributed by atoms with Gasteiger partial charge in [0.1, 0.15) is 0 Å². The lowest BCUT2D eigenvalue weighted by Crippen LogP contribution is -1.99. The molecule has 0 atom stereocenters. The highest BCUT2D eigenvalue weighted by molar-refractivity contribution is 9.10. The Morgan fingerprint density at radius 1 is 1.33 bits per heavy atom. The van der Waals surface area contributed by atoms with Crippen molar-refractivity contribution in [1.29, 1.82) is 0 Å². The van der Waals surface area contributed by atoms with E-state index in [0.29, 0.717) is 0 Å². The molecule has 1 nitrogen and oxygen atoms in total. The number of rotatable bonds is 1. The number of carbonyl (C=O) groups excluding carboxylic acids is 1. The fraction of sp³-hybridized carbons (Fsp3) is 0.300. The van der Waals surface area contributed by atoms with Gasteiger partial charge in [-0.1, -0.05) is 22.0 Å². The molecule has 0 aliphatic carbocycles. The maximum absolute atomic E-state index is 11.2. The molecule has 0 bridgehead atoms. The van der Waals surface area contributed by atoms with Crippen molar-refractivity contribution in [1.82, 2.24) is 0 Å². The molecule has 0 radical (unpaired) electrons. The highest BCUT2D eigenvalue weighted by Gasteiger charge is 2.09. The van der Waals surface area contributed by atoms with Crippen molar-refractivity contribution in [2.45, 2.75) is 20.8 Å². The highest BCUT2D eigenvalue weighted by atomic mass is 79.9. The lowest BCUT2D eigenvalue weighted by molar-refractivity contribution is 0.101. The molecule has 12 heavy (non-hydrogen) atoms. The Kier molecular flexibility index (Phi) is 2.68. The zero-order chi connectivity index (χ0) is 9.30. The van der Waals surface area contributed by atoms with Gasteiger partial charge in [0, 0.05) is 10.0 Å². The maximum Gasteiger partial charge on any atom is 0.161 e. The molecule has 0 unspecified atom stereocenters. The molecule has 0 aromatic heterocycles. The SMILES string of the molecule is CC(=O)c1c(Br)ccc(C)c1C. The highest BCUT2D eigenvalue weighted by Crippen LogP contribution is 2.23. The van der Waals surface area contributed by atoms with Gasteiger partial charge in [0.15, 0.2) is 5.78 Å². The Hall–Kier alpha value is -0.630. The average Bonchev–Trinajstić information content (AvgIpc) is 1.97. The molecule has 1 rings (SSSR count). The minimum Gasteiger partial charge on any atom is -0.294 e. The van der Waals surface area contributed by atoms with E-state index in [9.17, 15) is 4.79 Å². The monoisotopic (exact) mass is 226 g/mol. The van der Waals surface area contributed by atoms with E-state index < -0.39 is 0 Å². The summed E-state index contributed by atoms with van der Waals surface area (Å²) in [5.74, 6) is 0.114. The molecule has 1 aromatic rings. The third-order valence-corrected chi connectivity index (χ3v) is 2.70. The van der Waals surface area contributed by atoms with E-state index in [0.717, 1.165) is 21.2 Å². The molecule has 0 saturated carbocycles. The third-order valence-electron chi connectivity index (χ3n) is 2.04. The molecular formula is C10H11BrO. The minimum absolute atomic E-state index is 0.114. The summed E-state index contributed by atoms with van der Waals surface area (Å²) >= 11 is 3.36. The van der Waals surface area contributed by atoms with Gasteiger partial charge in [-0.3, -0.25) is 4.79 Å². The largest absolute Gasteiger partial charge is 0.294 e. The van der Waals surface area contributed by atoms with E-state index in [2.05, 4.69) is 15.9 Å². The van der Waals surface area contributed by atoms with Crippen LogP contribution in [0.4, 0.5) is 0 Å². The van der Waals surface area contributed by atoms with Gasteiger partial charge in [-0.15, -0.1) is 0 Å². The number of aryl methyl sites for hydroxylation is 1. The first-order chi connectivity index (χ1) is 5.54. The second kappa shape index (κ2) is 3.40. The number of hydrogen-bond acceptors (Lipinski definition) is 1. The van der Waals surface area contributed by atoms with Gasteiger partial charge in [0.25, 0.3) is 0 Å². The molecule has 0 fully saturated rings. The van der Waals surface area contributed by atoms with Crippen molar-refractivity contribution in [3.05, 3.63) is 33.3 Å². The second-order valence-electron chi connectivity index (χ2n) is 2.92. The summed E-state index contributed by atoms with van der Waals surface area (Å²) in [6.07, 6.45) is 0. The molecule has 64 valence electrons. The van der Waals surface area contributed by atoms with Gasteiger partial charge < -0.3 is 0 Å². The molecule has 0 spiro atoms. The minimum atomic E-state index is 0.114. The predicted octanol–water partition coefficient (Wildman–Crippen LogP) is 3.27. The van der Waals surface area contributed by atoms with E-state index in [1.165, 1.54) is 0 Å². The van der Waals surface area contributed by atoms with Crippen LogP contribution in [0, 0.1) is 13.8 Å². The lowest BCUT2D eigenvalue weighted by atomic mass is 10.0. The van der Waals surface area contributed by atoms with Crippen LogP contribution in [-0.4, -0.2) is 5.78 Å². The Labute approximate surface area is 80.9 Å². The van der Waals surface area contributed by atoms with Crippen LogP contribution in [0.15, 0.2) is 16.6 Å². The summed E-state index contributed by atoms with van der Waals surface area (Å²) in [6, 6.07) is 3.92. The summed E-state index contributed by atoms with van der Waals surface area (Å²) in [6.45, 7) is 5.57. The van der Waals surface area contributed by atoms with E-state index >= 15 is 0 Å². The topological polar surface area (TPSA) is 17.1 Å². The smallest absolute Gasteiger partial charge is 0.161 e. The summed E-state index contributed by atoms with van der Waals surface area (Å²) < 4.78 is 0.887. The summed E-state index contributed by atoms with van der Waals surface area (Å²) in [5.41, 5.74) is 3.02. The molecule has 0 amide bonds. The number of hydrogen-bond donors (Lipinski definition) is 0. The Bertz CT molecular complexity index is 329. The molecule has 2 heteroatoms. The second-order valence-corrected chi connectivity index (χ2v) is 3.77. The Morgan fingerprint density at radius 2 is 1.92 bits per heavy atom. The van der Waals surface area contributed by atoms with Gasteiger partial charge in [0.2, 0.25) is 0 Å². The van der Waals surface area contributed by atoms with Gasteiger partial charge >= 0.3 is 0 Å². The van der Waals surface area contributed by atoms with Gasteiger partial charge in [-0.25, -0.2) is 0 Å². The van der Waals surface area contributed by atoms with Crippen LogP contribution in [0.2, 0.25) is 0 Å². The first-order valence-corrected chi connectivity index (χ1v) is 4.60. The number of halogens is 1. The molecule has 0 N–H and O–H groups in total. The summed E-state index contributed by atoms with van der Waals surface area (Å²) in [4.78, 5) is 11.2. The summed E-state index contributed by atoms with van der Waals surface area (Å²) in [7, 11) is 0. The van der Waals surface area contributed by atoms with Crippen molar-refractivity contribution in [3.8, 4) is 0 Å². The van der Waals surface area contributed by atoms with Crippen LogP contribution < -0.4 is 0 Å². The van der Waals surface area contributed by atoms with Crippen molar-refractivity contribution >= 4 is 21.7 Å². The quantitative estimate of drug-likeness (QED) is 0.673. The van der Waals surface area contributed by atoms with Crippen LogP contribution in [0.1, 0.15) is 28.4 Å². The molecule has 0 heterocycles. The van der Waals surface area contributed by atoms with Crippen LogP contribution in [-0.2, 0) is 0 Å². The molecule has 0 aliphatic rings. The molecule has 1 aromatic carbocycles. The van der Waals surface area contributed by atoms with Crippen LogP contribution in [0.25, 0.3) is 0 Å². The standard InChI is InChI=1S/C10H11BrO/c1-6-4-5-9(11)10(7(6)2)8(3)12/h4-5H,1-3H3. The normalized spacial score (nSPS) is 10.0. The first kappa shape index (κ1) is 9.46. The van der Waals surface area contributed by atoms with Crippen LogP contribution in [0.5, 0.6) is 0 Å². The van der Waals surface area contributed by atoms with E-state index in [1.807, 2.05) is 26.0 Å². The lowest BCUT2D eigenvalue weighted by Gasteiger charge is -2.07. The van der Waals surface area contributed by atoms with Gasteiger partial charge in [-0.2, -0.15) is 0 Å². The van der Waals surface area contributed by atoms with E-state index in [4.69, 9.17) is 0 Å². The predicted molar refractivity (Wildman–Crippen MR) is 53.6 cm³/mol. The molecular weight excluding hydrogens is 216 g/mol. The number of carbonyl (C=O) groups is 1. The third kappa shape index (κ3) is 1.58. The number of ketones is 1. The molecule has 0 saturated heterocycles. The van der Waals surface area contributed by atoms with Crippen LogP contribution >= 0.6 is 15.9 Å². The average molecular weight is 227 g/mol. The fourth-order valence-corrected chi connectivity index (χ4v) is 1.92. The Morgan fingerprint density at radius 3 is 2.33 bits per heavy atom. The van der Waals surface area contributed by atoms with Gasteiger partial charge in [-0.05, 0) is 38.0 Å². The number of benzene rings is 1.